The van der Waals surface area contributed by atoms with Gasteiger partial charge in [0.2, 0.25) is 11.8 Å². The van der Waals surface area contributed by atoms with Crippen LogP contribution in [-0.2, 0) is 22.7 Å². The Kier molecular flexibility index (Phi) is 7.16. The number of nitrogens with zero attached hydrogens (tertiary/aromatic N) is 2. The van der Waals surface area contributed by atoms with E-state index in [9.17, 15) is 9.59 Å². The van der Waals surface area contributed by atoms with Crippen molar-refractivity contribution in [3.8, 4) is 5.75 Å². The van der Waals surface area contributed by atoms with Gasteiger partial charge in [-0.25, -0.2) is 0 Å². The number of benzene rings is 2. The third kappa shape index (κ3) is 5.44. The molecule has 0 unspecified atom stereocenters. The van der Waals surface area contributed by atoms with Crippen LogP contribution in [0.4, 0.5) is 0 Å². The fraction of sp³-hybridized carbons (Fsp3) is 0.208. The molecule has 3 aromatic rings. The van der Waals surface area contributed by atoms with Crippen molar-refractivity contribution in [1.29, 1.82) is 0 Å². The minimum absolute atomic E-state index is 0.182. The molecule has 6 heteroatoms. The molecule has 1 aromatic heterocycles. The van der Waals surface area contributed by atoms with E-state index in [1.807, 2.05) is 66.7 Å². The van der Waals surface area contributed by atoms with Gasteiger partial charge in [-0.15, -0.1) is 0 Å². The largest absolute Gasteiger partial charge is 0.497 e. The minimum Gasteiger partial charge on any atom is -0.497 e. The van der Waals surface area contributed by atoms with Crippen molar-refractivity contribution in [3.05, 3.63) is 95.8 Å². The first-order chi connectivity index (χ1) is 14.6. The molecule has 0 aliphatic rings. The molecule has 1 N–H and O–H groups in total. The van der Waals surface area contributed by atoms with E-state index in [2.05, 4.69) is 10.3 Å². The second-order valence-corrected chi connectivity index (χ2v) is 6.88. The Morgan fingerprint density at radius 3 is 2.23 bits per heavy atom. The highest BCUT2D eigenvalue weighted by Crippen LogP contribution is 2.24. The van der Waals surface area contributed by atoms with Gasteiger partial charge in [-0.2, -0.15) is 0 Å². The Hall–Kier alpha value is -3.67. The van der Waals surface area contributed by atoms with Gasteiger partial charge in [0.25, 0.3) is 0 Å². The zero-order valence-corrected chi connectivity index (χ0v) is 17.1. The number of rotatable bonds is 8. The van der Waals surface area contributed by atoms with Gasteiger partial charge in [0.05, 0.1) is 7.11 Å². The summed E-state index contributed by atoms with van der Waals surface area (Å²) in [5.41, 5.74) is 2.61. The van der Waals surface area contributed by atoms with Gasteiger partial charge in [0.15, 0.2) is 0 Å². The molecule has 0 saturated heterocycles. The minimum atomic E-state index is -0.743. The summed E-state index contributed by atoms with van der Waals surface area (Å²) in [4.78, 5) is 31.4. The van der Waals surface area contributed by atoms with E-state index in [4.69, 9.17) is 4.74 Å². The van der Waals surface area contributed by atoms with Crippen LogP contribution in [0.5, 0.6) is 5.75 Å². The number of methoxy groups -OCH3 is 1. The van der Waals surface area contributed by atoms with Crippen LogP contribution in [0.15, 0.2) is 79.1 Å². The van der Waals surface area contributed by atoms with Crippen LogP contribution in [-0.4, -0.2) is 28.8 Å². The summed E-state index contributed by atoms with van der Waals surface area (Å²) in [5.74, 6) is 0.322. The first kappa shape index (κ1) is 21.0. The highest BCUT2D eigenvalue weighted by Gasteiger charge is 2.29. The summed E-state index contributed by atoms with van der Waals surface area (Å²) in [6.45, 7) is 2.15. The second kappa shape index (κ2) is 10.2. The standard InChI is InChI=1S/C24H25N3O3/c1-18(28)27(17-20-8-10-22(30-2)11-9-20)23(21-6-4-3-5-7-21)24(29)26-16-19-12-14-25-15-13-19/h3-15,23H,16-17H2,1-2H3,(H,26,29)/t23-/m0/s1. The zero-order chi connectivity index (χ0) is 21.3. The van der Waals surface area contributed by atoms with E-state index < -0.39 is 6.04 Å². The summed E-state index contributed by atoms with van der Waals surface area (Å²) in [5, 5.41) is 2.96. The van der Waals surface area contributed by atoms with Crippen LogP contribution >= 0.6 is 0 Å². The summed E-state index contributed by atoms with van der Waals surface area (Å²) in [6.07, 6.45) is 3.36. The van der Waals surface area contributed by atoms with Crippen molar-refractivity contribution in [3.63, 3.8) is 0 Å². The number of ether oxygens (including phenoxy) is 1. The molecular weight excluding hydrogens is 378 g/mol. The first-order valence-corrected chi connectivity index (χ1v) is 9.70. The van der Waals surface area contributed by atoms with E-state index >= 15 is 0 Å². The third-order valence-electron chi connectivity index (χ3n) is 4.81. The number of carbonyl (C=O) groups is 2. The molecule has 0 spiro atoms. The van der Waals surface area contributed by atoms with Crippen LogP contribution in [0, 0.1) is 0 Å². The highest BCUT2D eigenvalue weighted by molar-refractivity contribution is 5.88. The second-order valence-electron chi connectivity index (χ2n) is 6.88. The van der Waals surface area contributed by atoms with Gasteiger partial charge in [-0.1, -0.05) is 42.5 Å². The molecule has 2 amide bonds. The number of nitrogens with one attached hydrogen (secondary N) is 1. The number of amides is 2. The Morgan fingerprint density at radius 2 is 1.63 bits per heavy atom. The van der Waals surface area contributed by atoms with E-state index in [0.29, 0.717) is 13.1 Å². The molecule has 0 fully saturated rings. The fourth-order valence-electron chi connectivity index (χ4n) is 3.21. The lowest BCUT2D eigenvalue weighted by Gasteiger charge is -2.30. The topological polar surface area (TPSA) is 71.5 Å². The average Bonchev–Trinajstić information content (AvgIpc) is 2.79. The summed E-state index contributed by atoms with van der Waals surface area (Å²) in [6, 6.07) is 19.8. The molecule has 0 saturated carbocycles. The fourth-order valence-corrected chi connectivity index (χ4v) is 3.21. The number of aromatic nitrogens is 1. The Balaban J connectivity index is 1.86. The molecule has 0 bridgehead atoms. The molecule has 1 atom stereocenters. The van der Waals surface area contributed by atoms with Crippen molar-refractivity contribution >= 4 is 11.8 Å². The first-order valence-electron chi connectivity index (χ1n) is 9.70. The third-order valence-corrected chi connectivity index (χ3v) is 4.81. The van der Waals surface area contributed by atoms with Crippen LogP contribution in [0.3, 0.4) is 0 Å². The van der Waals surface area contributed by atoms with Crippen LogP contribution in [0.25, 0.3) is 0 Å². The zero-order valence-electron chi connectivity index (χ0n) is 17.1. The molecular formula is C24H25N3O3. The number of hydrogen-bond donors (Lipinski definition) is 1. The van der Waals surface area contributed by atoms with Gasteiger partial charge < -0.3 is 15.0 Å². The maximum Gasteiger partial charge on any atom is 0.247 e. The SMILES string of the molecule is COc1ccc(CN(C(C)=O)[C@H](C(=O)NCc2ccncc2)c2ccccc2)cc1. The average molecular weight is 403 g/mol. The van der Waals surface area contributed by atoms with Gasteiger partial charge in [-0.3, -0.25) is 14.6 Å². The maximum absolute atomic E-state index is 13.2. The Bertz CT molecular complexity index is 960. The van der Waals surface area contributed by atoms with Crippen molar-refractivity contribution in [2.24, 2.45) is 0 Å². The van der Waals surface area contributed by atoms with Gasteiger partial charge >= 0.3 is 0 Å². The summed E-state index contributed by atoms with van der Waals surface area (Å²) >= 11 is 0. The number of carbonyl (C=O) groups excluding carboxylic acids is 2. The van der Waals surface area contributed by atoms with E-state index in [0.717, 1.165) is 22.4 Å². The van der Waals surface area contributed by atoms with Crippen LogP contribution < -0.4 is 10.1 Å². The van der Waals surface area contributed by atoms with Gasteiger partial charge in [0, 0.05) is 32.4 Å². The molecule has 0 radical (unpaired) electrons. The molecule has 30 heavy (non-hydrogen) atoms. The van der Waals surface area contributed by atoms with Crippen molar-refractivity contribution in [1.82, 2.24) is 15.2 Å². The molecule has 154 valence electrons. The lowest BCUT2D eigenvalue weighted by Crippen LogP contribution is -2.42. The van der Waals surface area contributed by atoms with E-state index in [-0.39, 0.29) is 11.8 Å². The summed E-state index contributed by atoms with van der Waals surface area (Å²) < 4.78 is 5.20. The lowest BCUT2D eigenvalue weighted by atomic mass is 10.0. The molecule has 6 nitrogen and oxygen atoms in total. The quantitative estimate of drug-likeness (QED) is 0.625. The Morgan fingerprint density at radius 1 is 0.967 bits per heavy atom. The summed E-state index contributed by atoms with van der Waals surface area (Å²) in [7, 11) is 1.61. The molecule has 0 aliphatic carbocycles. The lowest BCUT2D eigenvalue weighted by molar-refractivity contribution is -0.140. The van der Waals surface area contributed by atoms with E-state index in [1.54, 1.807) is 24.4 Å². The smallest absolute Gasteiger partial charge is 0.247 e. The van der Waals surface area contributed by atoms with Gasteiger partial charge in [0.1, 0.15) is 11.8 Å². The number of pyridine rings is 1. The Labute approximate surface area is 176 Å². The van der Waals surface area contributed by atoms with Crippen LogP contribution in [0.2, 0.25) is 0 Å². The number of hydrogen-bond acceptors (Lipinski definition) is 4. The van der Waals surface area contributed by atoms with Crippen LogP contribution in [0.1, 0.15) is 29.7 Å². The molecule has 3 rings (SSSR count). The predicted octanol–water partition coefficient (Wildman–Crippen LogP) is 3.50. The normalized spacial score (nSPS) is 11.4. The molecule has 2 aromatic carbocycles. The van der Waals surface area contributed by atoms with Crippen molar-refractivity contribution in [2.45, 2.75) is 26.1 Å². The predicted molar refractivity (Wildman–Crippen MR) is 114 cm³/mol. The maximum atomic E-state index is 13.2. The molecule has 0 aliphatic heterocycles. The van der Waals surface area contributed by atoms with Gasteiger partial charge in [-0.05, 0) is 41.0 Å². The highest BCUT2D eigenvalue weighted by atomic mass is 16.5. The van der Waals surface area contributed by atoms with Crippen molar-refractivity contribution in [2.75, 3.05) is 7.11 Å². The van der Waals surface area contributed by atoms with E-state index in [1.165, 1.54) is 6.92 Å². The monoisotopic (exact) mass is 403 g/mol. The van der Waals surface area contributed by atoms with Crippen molar-refractivity contribution < 1.29 is 14.3 Å². The molecule has 1 heterocycles.